The molecule has 0 spiro atoms. The van der Waals surface area contributed by atoms with E-state index in [2.05, 4.69) is 26.9 Å². The third-order valence-corrected chi connectivity index (χ3v) is 3.08. The maximum absolute atomic E-state index is 11.9. The molecule has 6 heteroatoms. The van der Waals surface area contributed by atoms with Crippen molar-refractivity contribution in [1.29, 1.82) is 5.26 Å². The van der Waals surface area contributed by atoms with Crippen molar-refractivity contribution in [3.63, 3.8) is 0 Å². The van der Waals surface area contributed by atoms with E-state index >= 15 is 0 Å². The molecule has 0 saturated heterocycles. The Kier molecular flexibility index (Phi) is 2.46. The highest BCUT2D eigenvalue weighted by Gasteiger charge is 2.28. The number of carbonyl (C=O) groups excluding carboxylic acids is 1. The Morgan fingerprint density at radius 2 is 2.21 bits per heavy atom. The fourth-order valence-electron chi connectivity index (χ4n) is 2.10. The van der Waals surface area contributed by atoms with Gasteiger partial charge >= 0.3 is 0 Å². The van der Waals surface area contributed by atoms with E-state index in [1.54, 1.807) is 18.2 Å². The van der Waals surface area contributed by atoms with Crippen LogP contribution in [0.15, 0.2) is 24.3 Å². The van der Waals surface area contributed by atoms with Crippen LogP contribution in [0.25, 0.3) is 0 Å². The van der Waals surface area contributed by atoms with E-state index in [4.69, 9.17) is 5.26 Å². The molecule has 1 aliphatic heterocycles. The Bertz CT molecular complexity index is 697. The van der Waals surface area contributed by atoms with Crippen LogP contribution in [-0.2, 0) is 0 Å². The lowest BCUT2D eigenvalue weighted by molar-refractivity contribution is 0.0930. The molecule has 94 valence electrons. The van der Waals surface area contributed by atoms with E-state index in [1.165, 1.54) is 0 Å². The summed E-state index contributed by atoms with van der Waals surface area (Å²) >= 11 is 0. The second-order valence-corrected chi connectivity index (χ2v) is 4.36. The second kappa shape index (κ2) is 4.14. The molecule has 2 heterocycles. The van der Waals surface area contributed by atoms with Gasteiger partial charge in [-0.15, -0.1) is 0 Å². The van der Waals surface area contributed by atoms with Crippen LogP contribution in [0.3, 0.4) is 0 Å². The van der Waals surface area contributed by atoms with Crippen LogP contribution < -0.4 is 10.6 Å². The average Bonchev–Trinajstić information content (AvgIpc) is 2.81. The predicted molar refractivity (Wildman–Crippen MR) is 68.3 cm³/mol. The van der Waals surface area contributed by atoms with E-state index in [1.807, 2.05) is 13.0 Å². The topological polar surface area (TPSA) is 93.6 Å². The zero-order valence-electron chi connectivity index (χ0n) is 10.2. The van der Waals surface area contributed by atoms with E-state index in [9.17, 15) is 4.79 Å². The molecule has 0 radical (unpaired) electrons. The SMILES string of the molecule is Cc1[nH]nc2c1N[C@@H](c1cccc(C#N)c1)NC2=O. The molecular weight excluding hydrogens is 242 g/mol. The number of anilines is 1. The minimum Gasteiger partial charge on any atom is -0.358 e. The number of nitrogens with one attached hydrogen (secondary N) is 3. The van der Waals surface area contributed by atoms with Crippen LogP contribution in [0.1, 0.15) is 33.5 Å². The molecule has 0 bridgehead atoms. The van der Waals surface area contributed by atoms with Crippen LogP contribution in [-0.4, -0.2) is 16.1 Å². The van der Waals surface area contributed by atoms with Crippen LogP contribution in [0.2, 0.25) is 0 Å². The van der Waals surface area contributed by atoms with Gasteiger partial charge in [0.2, 0.25) is 0 Å². The largest absolute Gasteiger partial charge is 0.358 e. The van der Waals surface area contributed by atoms with Crippen molar-refractivity contribution in [1.82, 2.24) is 15.5 Å². The lowest BCUT2D eigenvalue weighted by Gasteiger charge is -2.26. The first-order valence-electron chi connectivity index (χ1n) is 5.81. The molecule has 1 aliphatic rings. The van der Waals surface area contributed by atoms with Gasteiger partial charge in [-0.05, 0) is 24.6 Å². The van der Waals surface area contributed by atoms with E-state index < -0.39 is 0 Å². The summed E-state index contributed by atoms with van der Waals surface area (Å²) in [7, 11) is 0. The molecule has 1 aromatic heterocycles. The van der Waals surface area contributed by atoms with Gasteiger partial charge < -0.3 is 10.6 Å². The van der Waals surface area contributed by atoms with Gasteiger partial charge in [0.05, 0.1) is 23.0 Å². The summed E-state index contributed by atoms with van der Waals surface area (Å²) in [5, 5.41) is 21.7. The van der Waals surface area contributed by atoms with Crippen LogP contribution >= 0.6 is 0 Å². The number of nitrogens with zero attached hydrogens (tertiary/aromatic N) is 2. The standard InChI is InChI=1S/C13H11N5O/c1-7-10-11(18-17-7)13(19)16-12(15-10)9-4-2-3-8(5-9)6-14/h2-5,12,15H,1H3,(H,16,19)(H,17,18)/t12-/m1/s1. The zero-order valence-corrected chi connectivity index (χ0v) is 10.2. The lowest BCUT2D eigenvalue weighted by atomic mass is 10.1. The highest BCUT2D eigenvalue weighted by atomic mass is 16.2. The molecule has 0 saturated carbocycles. The Morgan fingerprint density at radius 1 is 1.37 bits per heavy atom. The first kappa shape index (κ1) is 11.3. The van der Waals surface area contributed by atoms with E-state index in [0.717, 1.165) is 11.3 Å². The second-order valence-electron chi connectivity index (χ2n) is 4.36. The molecular formula is C13H11N5O. The van der Waals surface area contributed by atoms with E-state index in [0.29, 0.717) is 16.9 Å². The van der Waals surface area contributed by atoms with Crippen LogP contribution in [0.5, 0.6) is 0 Å². The fourth-order valence-corrected chi connectivity index (χ4v) is 2.10. The monoisotopic (exact) mass is 253 g/mol. The van der Waals surface area contributed by atoms with Gasteiger partial charge in [0.25, 0.3) is 5.91 Å². The maximum atomic E-state index is 11.9. The molecule has 19 heavy (non-hydrogen) atoms. The third kappa shape index (κ3) is 1.81. The predicted octanol–water partition coefficient (Wildman–Crippen LogP) is 1.44. The van der Waals surface area contributed by atoms with Gasteiger partial charge in [0.15, 0.2) is 5.69 Å². The number of benzene rings is 1. The number of carbonyl (C=O) groups is 1. The van der Waals surface area contributed by atoms with Crippen molar-refractivity contribution in [3.05, 3.63) is 46.8 Å². The fraction of sp³-hybridized carbons (Fsp3) is 0.154. The highest BCUT2D eigenvalue weighted by molar-refractivity contribution is 6.00. The minimum atomic E-state index is -0.357. The number of aromatic amines is 1. The number of amides is 1. The van der Waals surface area contributed by atoms with Crippen molar-refractivity contribution in [3.8, 4) is 6.07 Å². The van der Waals surface area contributed by atoms with Gasteiger partial charge in [-0.3, -0.25) is 9.89 Å². The lowest BCUT2D eigenvalue weighted by Crippen LogP contribution is -2.38. The Balaban J connectivity index is 1.99. The van der Waals surface area contributed by atoms with Gasteiger partial charge in [-0.25, -0.2) is 0 Å². The molecule has 0 unspecified atom stereocenters. The number of hydrogen-bond donors (Lipinski definition) is 3. The number of fused-ring (bicyclic) bond motifs is 1. The van der Waals surface area contributed by atoms with E-state index in [-0.39, 0.29) is 12.1 Å². The molecule has 6 nitrogen and oxygen atoms in total. The molecule has 0 fully saturated rings. The normalized spacial score (nSPS) is 17.1. The quantitative estimate of drug-likeness (QED) is 0.717. The van der Waals surface area contributed by atoms with Gasteiger partial charge in [0.1, 0.15) is 6.17 Å². The number of aryl methyl sites for hydroxylation is 1. The first-order valence-corrected chi connectivity index (χ1v) is 5.81. The van der Waals surface area contributed by atoms with Gasteiger partial charge in [0, 0.05) is 0 Å². The number of H-pyrrole nitrogens is 1. The summed E-state index contributed by atoms with van der Waals surface area (Å²) in [6, 6.07) is 9.21. The summed E-state index contributed by atoms with van der Waals surface area (Å²) in [5.41, 5.74) is 3.27. The van der Waals surface area contributed by atoms with Crippen molar-refractivity contribution in [2.45, 2.75) is 13.1 Å². The molecule has 1 atom stereocenters. The van der Waals surface area contributed by atoms with Crippen molar-refractivity contribution >= 4 is 11.6 Å². The Labute approximate surface area is 109 Å². The average molecular weight is 253 g/mol. The molecule has 3 N–H and O–H groups in total. The Morgan fingerprint density at radius 3 is 3.00 bits per heavy atom. The summed E-state index contributed by atoms with van der Waals surface area (Å²) in [5.74, 6) is -0.231. The van der Waals surface area contributed by atoms with Crippen LogP contribution in [0, 0.1) is 18.3 Å². The maximum Gasteiger partial charge on any atom is 0.275 e. The molecule has 2 aromatic rings. The van der Waals surface area contributed by atoms with Gasteiger partial charge in [-0.2, -0.15) is 10.4 Å². The number of aromatic nitrogens is 2. The Hall–Kier alpha value is -2.81. The molecule has 0 aliphatic carbocycles. The van der Waals surface area contributed by atoms with Crippen molar-refractivity contribution < 1.29 is 4.79 Å². The zero-order chi connectivity index (χ0) is 13.4. The minimum absolute atomic E-state index is 0.231. The molecule has 1 aromatic carbocycles. The summed E-state index contributed by atoms with van der Waals surface area (Å²) in [6.45, 7) is 1.85. The number of hydrogen-bond acceptors (Lipinski definition) is 4. The van der Waals surface area contributed by atoms with Gasteiger partial charge in [-0.1, -0.05) is 12.1 Å². The van der Waals surface area contributed by atoms with Crippen molar-refractivity contribution in [2.24, 2.45) is 0 Å². The summed E-state index contributed by atoms with van der Waals surface area (Å²) < 4.78 is 0. The highest BCUT2D eigenvalue weighted by Crippen LogP contribution is 2.27. The van der Waals surface area contributed by atoms with Crippen molar-refractivity contribution in [2.75, 3.05) is 5.32 Å². The molecule has 1 amide bonds. The van der Waals surface area contributed by atoms with Crippen LogP contribution in [0.4, 0.5) is 5.69 Å². The third-order valence-electron chi connectivity index (χ3n) is 3.08. The summed E-state index contributed by atoms with van der Waals surface area (Å²) in [4.78, 5) is 11.9. The number of rotatable bonds is 1. The number of nitriles is 1. The molecule has 3 rings (SSSR count). The first-order chi connectivity index (χ1) is 9.19. The smallest absolute Gasteiger partial charge is 0.275 e. The summed E-state index contributed by atoms with van der Waals surface area (Å²) in [6.07, 6.45) is -0.357.